The van der Waals surface area contributed by atoms with Crippen molar-refractivity contribution in [3.8, 4) is 0 Å². The van der Waals surface area contributed by atoms with E-state index in [4.69, 9.17) is 0 Å². The van der Waals surface area contributed by atoms with Crippen LogP contribution in [0.4, 0.5) is 0 Å². The van der Waals surface area contributed by atoms with E-state index in [0.29, 0.717) is 12.1 Å². The maximum atomic E-state index is 10.2. The van der Waals surface area contributed by atoms with Crippen LogP contribution in [0.25, 0.3) is 0 Å². The number of pyridine rings is 1. The van der Waals surface area contributed by atoms with Gasteiger partial charge in [-0.2, -0.15) is 0 Å². The smallest absolute Gasteiger partial charge is 0.102 e. The molecular formula is C15H20N2OS. The second-order valence-electron chi connectivity index (χ2n) is 5.86. The molecule has 102 valence electrons. The highest BCUT2D eigenvalue weighted by molar-refractivity contribution is 7.09. The summed E-state index contributed by atoms with van der Waals surface area (Å²) in [7, 11) is 0. The summed E-state index contributed by atoms with van der Waals surface area (Å²) in [6, 6.07) is 3.84. The largest absolute Gasteiger partial charge is 0.386 e. The van der Waals surface area contributed by atoms with E-state index in [1.807, 2.05) is 19.1 Å². The Bertz CT molecular complexity index is 540. The van der Waals surface area contributed by atoms with Crippen LogP contribution in [-0.4, -0.2) is 15.1 Å². The molecule has 0 bridgehead atoms. The van der Waals surface area contributed by atoms with E-state index in [1.54, 1.807) is 17.5 Å². The molecule has 4 heteroatoms. The monoisotopic (exact) mass is 276 g/mol. The third kappa shape index (κ3) is 3.61. The molecule has 2 rings (SSSR count). The first kappa shape index (κ1) is 14.2. The van der Waals surface area contributed by atoms with E-state index in [-0.39, 0.29) is 5.41 Å². The molecule has 0 radical (unpaired) electrons. The predicted molar refractivity (Wildman–Crippen MR) is 78.5 cm³/mol. The minimum absolute atomic E-state index is 0.0574. The highest BCUT2D eigenvalue weighted by Crippen LogP contribution is 2.26. The highest BCUT2D eigenvalue weighted by atomic mass is 32.1. The Kier molecular flexibility index (Phi) is 4.02. The quantitative estimate of drug-likeness (QED) is 0.934. The summed E-state index contributed by atoms with van der Waals surface area (Å²) in [4.78, 5) is 8.85. The Morgan fingerprint density at radius 3 is 2.58 bits per heavy atom. The fraction of sp³-hybridized carbons (Fsp3) is 0.467. The van der Waals surface area contributed by atoms with Gasteiger partial charge in [0.15, 0.2) is 0 Å². The maximum Gasteiger partial charge on any atom is 0.102 e. The highest BCUT2D eigenvalue weighted by Gasteiger charge is 2.19. The Balaban J connectivity index is 2.08. The fourth-order valence-electron chi connectivity index (χ4n) is 1.70. The Morgan fingerprint density at radius 2 is 2.05 bits per heavy atom. The van der Waals surface area contributed by atoms with Gasteiger partial charge < -0.3 is 5.11 Å². The summed E-state index contributed by atoms with van der Waals surface area (Å²) in [6.45, 7) is 8.41. The molecule has 1 N–H and O–H groups in total. The van der Waals surface area contributed by atoms with Crippen molar-refractivity contribution in [1.82, 2.24) is 9.97 Å². The minimum atomic E-state index is -0.584. The van der Waals surface area contributed by atoms with Gasteiger partial charge in [0, 0.05) is 23.4 Å². The van der Waals surface area contributed by atoms with E-state index in [2.05, 4.69) is 36.1 Å². The van der Waals surface area contributed by atoms with Crippen molar-refractivity contribution < 1.29 is 5.11 Å². The second-order valence-corrected chi connectivity index (χ2v) is 6.80. The van der Waals surface area contributed by atoms with Crippen LogP contribution in [0, 0.1) is 6.92 Å². The molecule has 3 nitrogen and oxygen atoms in total. The number of aryl methyl sites for hydroxylation is 1. The summed E-state index contributed by atoms with van der Waals surface area (Å²) < 4.78 is 0. The van der Waals surface area contributed by atoms with Gasteiger partial charge in [0.05, 0.1) is 16.4 Å². The van der Waals surface area contributed by atoms with Gasteiger partial charge >= 0.3 is 0 Å². The van der Waals surface area contributed by atoms with Crippen LogP contribution in [0.3, 0.4) is 0 Å². The van der Waals surface area contributed by atoms with Crippen molar-refractivity contribution in [2.24, 2.45) is 0 Å². The van der Waals surface area contributed by atoms with Crippen molar-refractivity contribution in [3.05, 3.63) is 45.7 Å². The van der Waals surface area contributed by atoms with E-state index in [9.17, 15) is 5.11 Å². The van der Waals surface area contributed by atoms with Gasteiger partial charge in [-0.1, -0.05) is 26.8 Å². The van der Waals surface area contributed by atoms with Crippen molar-refractivity contribution in [3.63, 3.8) is 0 Å². The normalized spacial score (nSPS) is 13.5. The van der Waals surface area contributed by atoms with Gasteiger partial charge in [-0.15, -0.1) is 11.3 Å². The molecule has 19 heavy (non-hydrogen) atoms. The lowest BCUT2D eigenvalue weighted by atomic mass is 9.93. The number of rotatable bonds is 3. The topological polar surface area (TPSA) is 46.0 Å². The number of hydrogen-bond donors (Lipinski definition) is 1. The third-order valence-electron chi connectivity index (χ3n) is 2.96. The Labute approximate surface area is 118 Å². The summed E-state index contributed by atoms with van der Waals surface area (Å²) in [5, 5.41) is 13.2. The molecular weight excluding hydrogens is 256 g/mol. The Morgan fingerprint density at radius 1 is 1.32 bits per heavy atom. The zero-order chi connectivity index (χ0) is 14.0. The third-order valence-corrected chi connectivity index (χ3v) is 3.83. The lowest BCUT2D eigenvalue weighted by Crippen LogP contribution is -2.12. The molecule has 0 aromatic carbocycles. The lowest BCUT2D eigenvalue weighted by Gasteiger charge is -2.14. The first-order valence-electron chi connectivity index (χ1n) is 6.42. The van der Waals surface area contributed by atoms with E-state index < -0.39 is 6.10 Å². The standard InChI is InChI=1S/C15H20N2OS/c1-10-5-6-11(16-8-10)12(18)7-14-17-13(9-19-14)15(2,3)4/h5-6,8-9,12,18H,7H2,1-4H3. The number of aliphatic hydroxyl groups is 1. The average Bonchev–Trinajstić information content (AvgIpc) is 2.78. The first-order valence-corrected chi connectivity index (χ1v) is 7.30. The molecule has 0 spiro atoms. The van der Waals surface area contributed by atoms with Crippen molar-refractivity contribution in [1.29, 1.82) is 0 Å². The summed E-state index contributed by atoms with van der Waals surface area (Å²) in [6.07, 6.45) is 1.72. The summed E-state index contributed by atoms with van der Waals surface area (Å²) in [5.41, 5.74) is 2.94. The van der Waals surface area contributed by atoms with Gasteiger partial charge in [-0.3, -0.25) is 4.98 Å². The Hall–Kier alpha value is -1.26. The van der Waals surface area contributed by atoms with E-state index in [0.717, 1.165) is 16.3 Å². The van der Waals surface area contributed by atoms with Crippen LogP contribution in [0.15, 0.2) is 23.7 Å². The SMILES string of the molecule is Cc1ccc(C(O)Cc2nc(C(C)(C)C)cs2)nc1. The molecule has 2 heterocycles. The van der Waals surface area contributed by atoms with Crippen LogP contribution in [-0.2, 0) is 11.8 Å². The predicted octanol–water partition coefficient (Wildman–Crippen LogP) is 3.42. The lowest BCUT2D eigenvalue weighted by molar-refractivity contribution is 0.173. The summed E-state index contributed by atoms with van der Waals surface area (Å²) >= 11 is 1.60. The molecule has 0 aliphatic heterocycles. The minimum Gasteiger partial charge on any atom is -0.386 e. The molecule has 0 saturated heterocycles. The molecule has 1 unspecified atom stereocenters. The summed E-state index contributed by atoms with van der Waals surface area (Å²) in [5.74, 6) is 0. The number of aliphatic hydroxyl groups excluding tert-OH is 1. The zero-order valence-corrected chi connectivity index (χ0v) is 12.7. The van der Waals surface area contributed by atoms with E-state index >= 15 is 0 Å². The number of thiazole rings is 1. The molecule has 0 saturated carbocycles. The van der Waals surface area contributed by atoms with Crippen LogP contribution < -0.4 is 0 Å². The van der Waals surface area contributed by atoms with Crippen molar-refractivity contribution in [2.45, 2.75) is 45.6 Å². The number of hydrogen-bond acceptors (Lipinski definition) is 4. The molecule has 2 aromatic heterocycles. The zero-order valence-electron chi connectivity index (χ0n) is 11.8. The molecule has 1 atom stereocenters. The van der Waals surface area contributed by atoms with E-state index in [1.165, 1.54) is 0 Å². The van der Waals surface area contributed by atoms with Gasteiger partial charge in [-0.05, 0) is 18.6 Å². The maximum absolute atomic E-state index is 10.2. The fourth-order valence-corrected chi connectivity index (χ4v) is 2.75. The molecule has 0 amide bonds. The van der Waals surface area contributed by atoms with Gasteiger partial charge in [0.25, 0.3) is 0 Å². The van der Waals surface area contributed by atoms with Crippen LogP contribution in [0.5, 0.6) is 0 Å². The number of nitrogens with zero attached hydrogens (tertiary/aromatic N) is 2. The van der Waals surface area contributed by atoms with Gasteiger partial charge in [-0.25, -0.2) is 4.98 Å². The molecule has 0 aliphatic carbocycles. The average molecular weight is 276 g/mol. The van der Waals surface area contributed by atoms with Crippen LogP contribution >= 0.6 is 11.3 Å². The first-order chi connectivity index (χ1) is 8.86. The van der Waals surface area contributed by atoms with Crippen molar-refractivity contribution in [2.75, 3.05) is 0 Å². The van der Waals surface area contributed by atoms with Crippen molar-refractivity contribution >= 4 is 11.3 Å². The number of aromatic nitrogens is 2. The van der Waals surface area contributed by atoms with Gasteiger partial charge in [0.1, 0.15) is 6.10 Å². The molecule has 2 aromatic rings. The second kappa shape index (κ2) is 5.39. The van der Waals surface area contributed by atoms with Gasteiger partial charge in [0.2, 0.25) is 0 Å². The molecule has 0 aliphatic rings. The van der Waals surface area contributed by atoms with Crippen LogP contribution in [0.1, 0.15) is 48.8 Å². The van der Waals surface area contributed by atoms with Crippen LogP contribution in [0.2, 0.25) is 0 Å². The molecule has 0 fully saturated rings.